The molecule has 2 aromatic rings. The molecular weight excluding hydrogens is 379 g/mol. The van der Waals surface area contributed by atoms with E-state index < -0.39 is 5.91 Å². The van der Waals surface area contributed by atoms with Crippen molar-refractivity contribution in [2.24, 2.45) is 0 Å². The lowest BCUT2D eigenvalue weighted by molar-refractivity contribution is -0.120. The maximum absolute atomic E-state index is 12.1. The van der Waals surface area contributed by atoms with Crippen molar-refractivity contribution in [1.29, 1.82) is 0 Å². The first-order valence-electron chi connectivity index (χ1n) is 7.65. The number of nitrogens with one attached hydrogen (secondary N) is 2. The van der Waals surface area contributed by atoms with E-state index in [0.29, 0.717) is 16.5 Å². The minimum Gasteiger partial charge on any atom is -0.497 e. The van der Waals surface area contributed by atoms with Gasteiger partial charge in [-0.3, -0.25) is 9.59 Å². The summed E-state index contributed by atoms with van der Waals surface area (Å²) in [5.74, 6) is 0.470. The number of hydrogen-bond acceptors (Lipinski definition) is 4. The number of benzene rings is 2. The number of methoxy groups -OCH3 is 2. The maximum Gasteiger partial charge on any atom is 0.253 e. The molecule has 26 heavy (non-hydrogen) atoms. The molecule has 6 nitrogen and oxygen atoms in total. The van der Waals surface area contributed by atoms with E-state index >= 15 is 0 Å². The summed E-state index contributed by atoms with van der Waals surface area (Å²) in [5.41, 5.74) is 1.01. The molecule has 0 spiro atoms. The van der Waals surface area contributed by atoms with Crippen molar-refractivity contribution in [2.75, 3.05) is 20.8 Å². The van der Waals surface area contributed by atoms with Gasteiger partial charge < -0.3 is 20.1 Å². The van der Waals surface area contributed by atoms with E-state index in [2.05, 4.69) is 10.6 Å². The van der Waals surface area contributed by atoms with Gasteiger partial charge in [0.1, 0.15) is 11.5 Å². The summed E-state index contributed by atoms with van der Waals surface area (Å²) in [6, 6.07) is 9.81. The van der Waals surface area contributed by atoms with Crippen molar-refractivity contribution < 1.29 is 19.1 Å². The van der Waals surface area contributed by atoms with E-state index in [9.17, 15) is 9.59 Å². The lowest BCUT2D eigenvalue weighted by atomic mass is 10.2. The van der Waals surface area contributed by atoms with Gasteiger partial charge in [-0.2, -0.15) is 0 Å². The molecule has 0 heterocycles. The minimum atomic E-state index is -0.458. The number of halogens is 2. The van der Waals surface area contributed by atoms with Gasteiger partial charge in [0.25, 0.3) is 5.91 Å². The third-order valence-electron chi connectivity index (χ3n) is 3.55. The summed E-state index contributed by atoms with van der Waals surface area (Å²) in [5, 5.41) is 5.87. The van der Waals surface area contributed by atoms with Gasteiger partial charge in [-0.1, -0.05) is 23.2 Å². The van der Waals surface area contributed by atoms with Gasteiger partial charge >= 0.3 is 0 Å². The predicted octanol–water partition coefficient (Wildman–Crippen LogP) is 3.06. The van der Waals surface area contributed by atoms with Gasteiger partial charge in [-0.05, 0) is 36.4 Å². The number of amides is 2. The molecule has 0 bridgehead atoms. The summed E-state index contributed by atoms with van der Waals surface area (Å²) in [7, 11) is 3.10. The van der Waals surface area contributed by atoms with Crippen LogP contribution in [-0.2, 0) is 11.3 Å². The highest BCUT2D eigenvalue weighted by Crippen LogP contribution is 2.23. The Balaban J connectivity index is 1.90. The Hall–Kier alpha value is -2.44. The molecule has 0 aliphatic carbocycles. The molecule has 138 valence electrons. The Morgan fingerprint density at radius 3 is 2.42 bits per heavy atom. The standard InChI is InChI=1S/C18H18Cl2N2O4/c1-25-13-4-6-16(26-2)11(7-13)9-21-17(23)10-22-18(24)14-5-3-12(19)8-15(14)20/h3-8H,9-10H2,1-2H3,(H,21,23)(H,22,24). The molecule has 0 aromatic heterocycles. The van der Waals surface area contributed by atoms with Crippen LogP contribution in [0.4, 0.5) is 0 Å². The first-order valence-corrected chi connectivity index (χ1v) is 8.41. The molecule has 8 heteroatoms. The summed E-state index contributed by atoms with van der Waals surface area (Å²) >= 11 is 11.8. The van der Waals surface area contributed by atoms with Crippen LogP contribution in [-0.4, -0.2) is 32.6 Å². The second-order valence-corrected chi connectivity index (χ2v) is 6.10. The van der Waals surface area contributed by atoms with Crippen molar-refractivity contribution in [3.63, 3.8) is 0 Å². The number of rotatable bonds is 7. The summed E-state index contributed by atoms with van der Waals surface area (Å²) < 4.78 is 10.4. The Bertz CT molecular complexity index is 812. The molecule has 0 unspecified atom stereocenters. The zero-order chi connectivity index (χ0) is 19.1. The van der Waals surface area contributed by atoms with E-state index in [0.717, 1.165) is 5.56 Å². The topological polar surface area (TPSA) is 76.7 Å². The smallest absolute Gasteiger partial charge is 0.253 e. The van der Waals surface area contributed by atoms with Gasteiger partial charge in [0, 0.05) is 17.1 Å². The van der Waals surface area contributed by atoms with Gasteiger partial charge in [0.05, 0.1) is 31.4 Å². The molecule has 0 saturated heterocycles. The lowest BCUT2D eigenvalue weighted by Gasteiger charge is -2.12. The average molecular weight is 397 g/mol. The van der Waals surface area contributed by atoms with Crippen molar-refractivity contribution in [3.8, 4) is 11.5 Å². The van der Waals surface area contributed by atoms with Crippen LogP contribution in [0.5, 0.6) is 11.5 Å². The van der Waals surface area contributed by atoms with E-state index in [1.165, 1.54) is 12.1 Å². The largest absolute Gasteiger partial charge is 0.497 e. The van der Waals surface area contributed by atoms with Crippen LogP contribution in [0.3, 0.4) is 0 Å². The first kappa shape index (κ1) is 19.9. The molecular formula is C18H18Cl2N2O4. The quantitative estimate of drug-likeness (QED) is 0.753. The van der Waals surface area contributed by atoms with Crippen LogP contribution in [0.15, 0.2) is 36.4 Å². The van der Waals surface area contributed by atoms with Gasteiger partial charge in [0.15, 0.2) is 0 Å². The zero-order valence-electron chi connectivity index (χ0n) is 14.3. The Morgan fingerprint density at radius 2 is 1.77 bits per heavy atom. The van der Waals surface area contributed by atoms with Crippen molar-refractivity contribution in [2.45, 2.75) is 6.54 Å². The molecule has 2 rings (SSSR count). The number of hydrogen-bond donors (Lipinski definition) is 2. The highest BCUT2D eigenvalue weighted by atomic mass is 35.5. The second-order valence-electron chi connectivity index (χ2n) is 5.26. The maximum atomic E-state index is 12.1. The molecule has 2 N–H and O–H groups in total. The third kappa shape index (κ3) is 5.28. The van der Waals surface area contributed by atoms with E-state index in [4.69, 9.17) is 32.7 Å². The Kier molecular flexibility index (Phi) is 7.12. The van der Waals surface area contributed by atoms with Crippen LogP contribution >= 0.6 is 23.2 Å². The SMILES string of the molecule is COc1ccc(OC)c(CNC(=O)CNC(=O)c2ccc(Cl)cc2Cl)c1. The zero-order valence-corrected chi connectivity index (χ0v) is 15.8. The second kappa shape index (κ2) is 9.31. The normalized spacial score (nSPS) is 10.2. The van der Waals surface area contributed by atoms with Crippen molar-refractivity contribution in [1.82, 2.24) is 10.6 Å². The molecule has 0 aliphatic heterocycles. The van der Waals surface area contributed by atoms with Crippen LogP contribution < -0.4 is 20.1 Å². The summed E-state index contributed by atoms with van der Waals surface area (Å²) in [6.07, 6.45) is 0. The van der Waals surface area contributed by atoms with Crippen LogP contribution in [0.1, 0.15) is 15.9 Å². The van der Waals surface area contributed by atoms with E-state index in [1.54, 1.807) is 38.5 Å². The third-order valence-corrected chi connectivity index (χ3v) is 4.10. The lowest BCUT2D eigenvalue weighted by Crippen LogP contribution is -2.36. The molecule has 0 fully saturated rings. The van der Waals surface area contributed by atoms with Gasteiger partial charge in [0.2, 0.25) is 5.91 Å². The molecule has 0 radical (unpaired) electrons. The molecule has 0 atom stereocenters. The highest BCUT2D eigenvalue weighted by Gasteiger charge is 2.12. The van der Waals surface area contributed by atoms with Gasteiger partial charge in [-0.15, -0.1) is 0 Å². The van der Waals surface area contributed by atoms with Gasteiger partial charge in [-0.25, -0.2) is 0 Å². The monoisotopic (exact) mass is 396 g/mol. The fraction of sp³-hybridized carbons (Fsp3) is 0.222. The van der Waals surface area contributed by atoms with E-state index in [-0.39, 0.29) is 29.6 Å². The molecule has 0 aliphatic rings. The fourth-order valence-electron chi connectivity index (χ4n) is 2.21. The Labute approximate surface area is 161 Å². The van der Waals surface area contributed by atoms with Crippen LogP contribution in [0.2, 0.25) is 10.0 Å². The van der Waals surface area contributed by atoms with Crippen molar-refractivity contribution >= 4 is 35.0 Å². The number of ether oxygens (including phenoxy) is 2. The van der Waals surface area contributed by atoms with E-state index in [1.807, 2.05) is 0 Å². The molecule has 0 saturated carbocycles. The number of carbonyl (C=O) groups is 2. The minimum absolute atomic E-state index is 0.190. The summed E-state index contributed by atoms with van der Waals surface area (Å²) in [4.78, 5) is 24.1. The number of carbonyl (C=O) groups excluding carboxylic acids is 2. The molecule has 2 amide bonds. The highest BCUT2D eigenvalue weighted by molar-refractivity contribution is 6.36. The molecule has 2 aromatic carbocycles. The van der Waals surface area contributed by atoms with Crippen molar-refractivity contribution in [3.05, 3.63) is 57.6 Å². The van der Waals surface area contributed by atoms with Crippen LogP contribution in [0.25, 0.3) is 0 Å². The fourth-order valence-corrected chi connectivity index (χ4v) is 2.70. The first-order chi connectivity index (χ1) is 12.4. The van der Waals surface area contributed by atoms with Crippen LogP contribution in [0, 0.1) is 0 Å². The Morgan fingerprint density at radius 1 is 1.00 bits per heavy atom. The average Bonchev–Trinajstić information content (AvgIpc) is 2.64. The predicted molar refractivity (Wildman–Crippen MR) is 100 cm³/mol. The summed E-state index contributed by atoms with van der Waals surface area (Å²) in [6.45, 7) is 0.0425.